The second-order valence-corrected chi connectivity index (χ2v) is 9.89. The first kappa shape index (κ1) is 20.0. The van der Waals surface area contributed by atoms with Crippen molar-refractivity contribution in [2.75, 3.05) is 6.54 Å². The van der Waals surface area contributed by atoms with Crippen LogP contribution in [0, 0.1) is 0 Å². The van der Waals surface area contributed by atoms with Crippen LogP contribution in [0.1, 0.15) is 59.3 Å². The average molecular weight is 375 g/mol. The van der Waals surface area contributed by atoms with E-state index in [1.54, 1.807) is 20.8 Å². The van der Waals surface area contributed by atoms with E-state index in [1.807, 2.05) is 0 Å². The van der Waals surface area contributed by atoms with Gasteiger partial charge in [-0.25, -0.2) is 17.9 Å². The Morgan fingerprint density at radius 3 is 2.28 bits per heavy atom. The molecule has 2 amide bonds. The van der Waals surface area contributed by atoms with Crippen molar-refractivity contribution in [2.24, 2.45) is 5.73 Å². The largest absolute Gasteiger partial charge is 0.444 e. The van der Waals surface area contributed by atoms with Crippen molar-refractivity contribution < 1.29 is 22.7 Å². The Morgan fingerprint density at radius 1 is 1.16 bits per heavy atom. The van der Waals surface area contributed by atoms with Gasteiger partial charge in [0, 0.05) is 6.04 Å². The molecule has 0 bridgehead atoms. The average Bonchev–Trinajstić information content (AvgIpc) is 3.28. The van der Waals surface area contributed by atoms with Gasteiger partial charge in [-0.05, 0) is 46.5 Å². The number of hydrogen-bond donors (Lipinski definition) is 2. The molecule has 2 atom stereocenters. The van der Waals surface area contributed by atoms with Crippen molar-refractivity contribution in [1.82, 2.24) is 9.62 Å². The van der Waals surface area contributed by atoms with Crippen molar-refractivity contribution in [3.05, 3.63) is 0 Å². The predicted molar refractivity (Wildman–Crippen MR) is 93.3 cm³/mol. The Hall–Kier alpha value is -1.35. The normalized spacial score (nSPS) is 24.6. The number of nitrogens with zero attached hydrogens (tertiary/aromatic N) is 1. The van der Waals surface area contributed by atoms with Crippen LogP contribution in [0.25, 0.3) is 0 Å². The van der Waals surface area contributed by atoms with Gasteiger partial charge in [0.25, 0.3) is 0 Å². The summed E-state index contributed by atoms with van der Waals surface area (Å²) in [5.74, 6) is -0.653. The fourth-order valence-electron chi connectivity index (χ4n) is 3.11. The van der Waals surface area contributed by atoms with Crippen LogP contribution in [-0.2, 0) is 19.6 Å². The van der Waals surface area contributed by atoms with Crippen molar-refractivity contribution in [2.45, 2.75) is 82.2 Å². The van der Waals surface area contributed by atoms with Crippen molar-refractivity contribution in [1.29, 1.82) is 0 Å². The predicted octanol–water partition coefficient (Wildman–Crippen LogP) is 1.10. The summed E-state index contributed by atoms with van der Waals surface area (Å²) in [6.45, 7) is 4.92. The van der Waals surface area contributed by atoms with Crippen LogP contribution < -0.4 is 10.5 Å². The highest BCUT2D eigenvalue weighted by atomic mass is 32.2. The fourth-order valence-corrected chi connectivity index (χ4v) is 4.76. The number of carbonyl (C=O) groups excluding carboxylic acids is 2. The number of amides is 2. The van der Waals surface area contributed by atoms with E-state index >= 15 is 0 Å². The third-order valence-electron chi connectivity index (χ3n) is 4.36. The molecule has 2 aliphatic carbocycles. The molecule has 2 rings (SSSR count). The molecule has 0 spiro atoms. The molecule has 0 aromatic heterocycles. The standard InChI is InChI=1S/C16H29N3O5S/c1-16(2,3)24-15(21)19(10-14(17)20)13-7-5-4-6-12(13)18-25(22,23)11-8-9-11/h11-13,18H,4-10H2,1-3H3,(H2,17,20)/t12-,13-/m1/s1. The Labute approximate surface area is 149 Å². The number of hydrogen-bond acceptors (Lipinski definition) is 5. The number of sulfonamides is 1. The number of nitrogens with one attached hydrogen (secondary N) is 1. The van der Waals surface area contributed by atoms with Crippen LogP contribution in [-0.4, -0.2) is 54.8 Å². The van der Waals surface area contributed by atoms with E-state index in [1.165, 1.54) is 4.90 Å². The van der Waals surface area contributed by atoms with E-state index < -0.39 is 39.7 Å². The lowest BCUT2D eigenvalue weighted by Crippen LogP contribution is -2.57. The second kappa shape index (κ2) is 7.49. The van der Waals surface area contributed by atoms with Gasteiger partial charge in [-0.15, -0.1) is 0 Å². The van der Waals surface area contributed by atoms with Gasteiger partial charge in [-0.1, -0.05) is 12.8 Å². The van der Waals surface area contributed by atoms with Crippen LogP contribution in [0.15, 0.2) is 0 Å². The summed E-state index contributed by atoms with van der Waals surface area (Å²) in [4.78, 5) is 25.3. The Kier molecular flexibility index (Phi) is 5.98. The first-order valence-corrected chi connectivity index (χ1v) is 10.3. The molecule has 0 heterocycles. The molecule has 2 fully saturated rings. The zero-order valence-electron chi connectivity index (χ0n) is 15.2. The quantitative estimate of drug-likeness (QED) is 0.720. The molecule has 0 aromatic rings. The maximum atomic E-state index is 12.6. The lowest BCUT2D eigenvalue weighted by atomic mass is 9.90. The minimum atomic E-state index is -3.39. The summed E-state index contributed by atoms with van der Waals surface area (Å²) in [6.07, 6.45) is 3.64. The minimum absolute atomic E-state index is 0.290. The topological polar surface area (TPSA) is 119 Å². The molecule has 9 heteroatoms. The molecule has 0 saturated heterocycles. The Morgan fingerprint density at radius 2 is 1.76 bits per heavy atom. The van der Waals surface area contributed by atoms with E-state index in [2.05, 4.69) is 4.72 Å². The number of ether oxygens (including phenoxy) is 1. The first-order valence-electron chi connectivity index (χ1n) is 8.78. The second-order valence-electron chi connectivity index (χ2n) is 7.90. The van der Waals surface area contributed by atoms with Crippen LogP contribution >= 0.6 is 0 Å². The third-order valence-corrected chi connectivity index (χ3v) is 6.34. The van der Waals surface area contributed by atoms with E-state index in [0.29, 0.717) is 25.7 Å². The zero-order chi connectivity index (χ0) is 18.8. The Bertz CT molecular complexity index is 610. The first-order chi connectivity index (χ1) is 11.5. The van der Waals surface area contributed by atoms with Crippen LogP contribution in [0.3, 0.4) is 0 Å². The van der Waals surface area contributed by atoms with E-state index in [9.17, 15) is 18.0 Å². The molecule has 0 unspecified atom stereocenters. The maximum Gasteiger partial charge on any atom is 0.411 e. The third kappa shape index (κ3) is 5.85. The molecule has 0 aromatic carbocycles. The highest BCUT2D eigenvalue weighted by molar-refractivity contribution is 7.90. The molecule has 0 radical (unpaired) electrons. The van der Waals surface area contributed by atoms with Gasteiger partial charge in [0.05, 0.1) is 11.3 Å². The van der Waals surface area contributed by atoms with Gasteiger partial charge in [0.2, 0.25) is 15.9 Å². The van der Waals surface area contributed by atoms with Crippen LogP contribution in [0.5, 0.6) is 0 Å². The maximum absolute atomic E-state index is 12.6. The van der Waals surface area contributed by atoms with E-state index in [-0.39, 0.29) is 11.8 Å². The highest BCUT2D eigenvalue weighted by Crippen LogP contribution is 2.31. The highest BCUT2D eigenvalue weighted by Gasteiger charge is 2.42. The molecule has 25 heavy (non-hydrogen) atoms. The van der Waals surface area contributed by atoms with Crippen LogP contribution in [0.4, 0.5) is 4.79 Å². The molecule has 8 nitrogen and oxygen atoms in total. The molecule has 0 aliphatic heterocycles. The summed E-state index contributed by atoms with van der Waals surface area (Å²) < 4.78 is 32.8. The number of nitrogens with two attached hydrogens (primary N) is 1. The number of rotatable bonds is 6. The SMILES string of the molecule is CC(C)(C)OC(=O)N(CC(N)=O)[C@@H]1CCCC[C@H]1NS(=O)(=O)C1CC1. The van der Waals surface area contributed by atoms with Crippen molar-refractivity contribution in [3.63, 3.8) is 0 Å². The molecule has 2 aliphatic rings. The van der Waals surface area contributed by atoms with Gasteiger partial charge < -0.3 is 10.5 Å². The molecule has 3 N–H and O–H groups in total. The Balaban J connectivity index is 2.18. The van der Waals surface area contributed by atoms with Crippen LogP contribution in [0.2, 0.25) is 0 Å². The van der Waals surface area contributed by atoms with E-state index in [0.717, 1.165) is 12.8 Å². The minimum Gasteiger partial charge on any atom is -0.444 e. The molecule has 144 valence electrons. The summed E-state index contributed by atoms with van der Waals surface area (Å²) in [6, 6.07) is -0.865. The van der Waals surface area contributed by atoms with Gasteiger partial charge >= 0.3 is 6.09 Å². The summed E-state index contributed by atoms with van der Waals surface area (Å²) in [5, 5.41) is -0.332. The van der Waals surface area contributed by atoms with E-state index in [4.69, 9.17) is 10.5 Å². The summed E-state index contributed by atoms with van der Waals surface area (Å²) in [7, 11) is -3.39. The van der Waals surface area contributed by atoms with Crippen molar-refractivity contribution in [3.8, 4) is 0 Å². The summed E-state index contributed by atoms with van der Waals surface area (Å²) in [5.41, 5.74) is 4.59. The lowest BCUT2D eigenvalue weighted by molar-refractivity contribution is -0.120. The van der Waals surface area contributed by atoms with Crippen molar-refractivity contribution >= 4 is 22.0 Å². The lowest BCUT2D eigenvalue weighted by Gasteiger charge is -2.40. The summed E-state index contributed by atoms with van der Waals surface area (Å²) >= 11 is 0. The molecular weight excluding hydrogens is 346 g/mol. The number of carbonyl (C=O) groups is 2. The zero-order valence-corrected chi connectivity index (χ0v) is 16.0. The van der Waals surface area contributed by atoms with Gasteiger partial charge in [-0.3, -0.25) is 9.69 Å². The number of primary amides is 1. The fraction of sp³-hybridized carbons (Fsp3) is 0.875. The molecular formula is C16H29N3O5S. The van der Waals surface area contributed by atoms with Gasteiger partial charge in [0.1, 0.15) is 12.1 Å². The monoisotopic (exact) mass is 375 g/mol. The molecule has 2 saturated carbocycles. The smallest absolute Gasteiger partial charge is 0.411 e. The van der Waals surface area contributed by atoms with Gasteiger partial charge in [-0.2, -0.15) is 0 Å². The van der Waals surface area contributed by atoms with Gasteiger partial charge in [0.15, 0.2) is 0 Å².